The van der Waals surface area contributed by atoms with E-state index in [4.69, 9.17) is 9.47 Å². The van der Waals surface area contributed by atoms with Crippen molar-refractivity contribution in [1.29, 1.82) is 0 Å². The van der Waals surface area contributed by atoms with Gasteiger partial charge in [-0.1, -0.05) is 6.07 Å². The van der Waals surface area contributed by atoms with Gasteiger partial charge in [0.2, 0.25) is 5.91 Å². The summed E-state index contributed by atoms with van der Waals surface area (Å²) in [5, 5.41) is 6.04. The van der Waals surface area contributed by atoms with Crippen LogP contribution in [0, 0.1) is 5.92 Å². The lowest BCUT2D eigenvalue weighted by Crippen LogP contribution is -2.50. The van der Waals surface area contributed by atoms with Gasteiger partial charge in [0.1, 0.15) is 0 Å². The molecule has 1 aromatic carbocycles. The quantitative estimate of drug-likeness (QED) is 0.841. The molecule has 102 valence electrons. The molecule has 19 heavy (non-hydrogen) atoms. The van der Waals surface area contributed by atoms with E-state index in [1.54, 1.807) is 0 Å². The van der Waals surface area contributed by atoms with Crippen molar-refractivity contribution in [2.75, 3.05) is 26.3 Å². The van der Waals surface area contributed by atoms with E-state index in [2.05, 4.69) is 10.6 Å². The molecule has 2 N–H and O–H groups in total. The van der Waals surface area contributed by atoms with Gasteiger partial charge in [0.05, 0.1) is 19.1 Å². The van der Waals surface area contributed by atoms with Gasteiger partial charge in [0.25, 0.3) is 0 Å². The van der Waals surface area contributed by atoms with E-state index in [1.165, 1.54) is 0 Å². The average Bonchev–Trinajstić information content (AvgIpc) is 2.58. The van der Waals surface area contributed by atoms with E-state index in [0.717, 1.165) is 36.6 Å². The van der Waals surface area contributed by atoms with Gasteiger partial charge < -0.3 is 20.1 Å². The van der Waals surface area contributed by atoms with Gasteiger partial charge in [0, 0.05) is 26.1 Å². The second kappa shape index (κ2) is 5.48. The second-order valence-corrected chi connectivity index (χ2v) is 4.90. The highest BCUT2D eigenvalue weighted by Crippen LogP contribution is 2.30. The molecular weight excluding hydrogens is 244 g/mol. The van der Waals surface area contributed by atoms with Crippen LogP contribution in [0.4, 0.5) is 0 Å². The van der Waals surface area contributed by atoms with Crippen molar-refractivity contribution in [1.82, 2.24) is 10.6 Å². The maximum Gasteiger partial charge on any atom is 0.225 e. The van der Waals surface area contributed by atoms with Gasteiger partial charge in [-0.05, 0) is 17.7 Å². The summed E-state index contributed by atoms with van der Waals surface area (Å²) in [5.74, 6) is 1.80. The Bertz CT molecular complexity index is 472. The van der Waals surface area contributed by atoms with Gasteiger partial charge in [-0.25, -0.2) is 0 Å². The minimum Gasteiger partial charge on any atom is -0.490 e. The predicted molar refractivity (Wildman–Crippen MR) is 70.3 cm³/mol. The minimum absolute atomic E-state index is 0.117. The largest absolute Gasteiger partial charge is 0.490 e. The summed E-state index contributed by atoms with van der Waals surface area (Å²) in [6, 6.07) is 5.82. The fraction of sp³-hybridized carbons (Fsp3) is 0.500. The molecule has 2 aliphatic rings. The van der Waals surface area contributed by atoms with E-state index in [1.807, 2.05) is 18.2 Å². The van der Waals surface area contributed by atoms with E-state index >= 15 is 0 Å². The molecule has 0 unspecified atom stereocenters. The van der Waals surface area contributed by atoms with Crippen molar-refractivity contribution in [3.05, 3.63) is 23.8 Å². The summed E-state index contributed by atoms with van der Waals surface area (Å²) in [6.07, 6.45) is 0.898. The maximum atomic E-state index is 11.7. The lowest BCUT2D eigenvalue weighted by atomic mass is 10.0. The summed E-state index contributed by atoms with van der Waals surface area (Å²) < 4.78 is 11.2. The van der Waals surface area contributed by atoms with Crippen molar-refractivity contribution in [3.63, 3.8) is 0 Å². The molecule has 1 aromatic rings. The number of rotatable bonds is 3. The monoisotopic (exact) mass is 262 g/mol. The van der Waals surface area contributed by atoms with Gasteiger partial charge in [-0.3, -0.25) is 4.79 Å². The summed E-state index contributed by atoms with van der Waals surface area (Å²) >= 11 is 0. The molecule has 0 saturated carbocycles. The Kier molecular flexibility index (Phi) is 3.55. The van der Waals surface area contributed by atoms with Crippen LogP contribution in [0.25, 0.3) is 0 Å². The Morgan fingerprint density at radius 2 is 2.05 bits per heavy atom. The van der Waals surface area contributed by atoms with Gasteiger partial charge >= 0.3 is 0 Å². The Hall–Kier alpha value is -1.75. The van der Waals surface area contributed by atoms with Gasteiger partial charge in [-0.15, -0.1) is 0 Å². The molecule has 1 fully saturated rings. The zero-order valence-corrected chi connectivity index (χ0v) is 10.8. The van der Waals surface area contributed by atoms with Crippen LogP contribution in [0.15, 0.2) is 18.2 Å². The Morgan fingerprint density at radius 1 is 1.26 bits per heavy atom. The van der Waals surface area contributed by atoms with E-state index < -0.39 is 0 Å². The second-order valence-electron chi connectivity index (χ2n) is 4.90. The number of ether oxygens (including phenoxy) is 2. The van der Waals surface area contributed by atoms with Crippen LogP contribution in [0.5, 0.6) is 11.5 Å². The minimum atomic E-state index is 0.117. The highest BCUT2D eigenvalue weighted by atomic mass is 16.5. The number of fused-ring (bicyclic) bond motifs is 1. The summed E-state index contributed by atoms with van der Waals surface area (Å²) in [4.78, 5) is 11.7. The third-order valence-corrected chi connectivity index (χ3v) is 3.43. The lowest BCUT2D eigenvalue weighted by Gasteiger charge is -2.25. The summed E-state index contributed by atoms with van der Waals surface area (Å²) in [5.41, 5.74) is 1.03. The molecule has 0 atom stereocenters. The highest BCUT2D eigenvalue weighted by Gasteiger charge is 2.24. The SMILES string of the molecule is O=C(NCc1ccc2c(c1)OCCCO2)C1CNC1. The first-order chi connectivity index (χ1) is 9.33. The van der Waals surface area contributed by atoms with Crippen LogP contribution in [0.1, 0.15) is 12.0 Å². The molecule has 1 amide bonds. The molecular formula is C14H18N2O3. The fourth-order valence-electron chi connectivity index (χ4n) is 2.13. The third-order valence-electron chi connectivity index (χ3n) is 3.43. The number of hydrogen-bond acceptors (Lipinski definition) is 4. The Labute approximate surface area is 112 Å². The number of nitrogens with one attached hydrogen (secondary N) is 2. The standard InChI is InChI=1S/C14H18N2O3/c17-14(11-8-15-9-11)16-7-10-2-3-12-13(6-10)19-5-1-4-18-12/h2-3,6,11,15H,1,4-5,7-9H2,(H,16,17). The van der Waals surface area contributed by atoms with Crippen LogP contribution in [0.2, 0.25) is 0 Å². The van der Waals surface area contributed by atoms with E-state index in [9.17, 15) is 4.79 Å². The fourth-order valence-corrected chi connectivity index (χ4v) is 2.13. The van der Waals surface area contributed by atoms with E-state index in [0.29, 0.717) is 19.8 Å². The molecule has 5 nitrogen and oxygen atoms in total. The van der Waals surface area contributed by atoms with Crippen molar-refractivity contribution in [2.45, 2.75) is 13.0 Å². The number of amides is 1. The lowest BCUT2D eigenvalue weighted by molar-refractivity contribution is -0.126. The predicted octanol–water partition coefficient (Wildman–Crippen LogP) is 0.683. The van der Waals surface area contributed by atoms with Gasteiger partial charge in [0.15, 0.2) is 11.5 Å². The average molecular weight is 262 g/mol. The molecule has 2 heterocycles. The molecule has 0 aromatic heterocycles. The normalized spacial score (nSPS) is 18.3. The number of hydrogen-bond donors (Lipinski definition) is 2. The molecule has 0 bridgehead atoms. The first kappa shape index (κ1) is 12.3. The first-order valence-corrected chi connectivity index (χ1v) is 6.70. The van der Waals surface area contributed by atoms with Crippen LogP contribution in [0.3, 0.4) is 0 Å². The smallest absolute Gasteiger partial charge is 0.225 e. The Balaban J connectivity index is 1.61. The summed E-state index contributed by atoms with van der Waals surface area (Å²) in [7, 11) is 0. The zero-order chi connectivity index (χ0) is 13.1. The molecule has 5 heteroatoms. The molecule has 1 saturated heterocycles. The van der Waals surface area contributed by atoms with Crippen molar-refractivity contribution in [2.24, 2.45) is 5.92 Å². The van der Waals surface area contributed by atoms with Gasteiger partial charge in [-0.2, -0.15) is 0 Å². The van der Waals surface area contributed by atoms with Crippen molar-refractivity contribution in [3.8, 4) is 11.5 Å². The molecule has 2 aliphatic heterocycles. The van der Waals surface area contributed by atoms with Crippen molar-refractivity contribution < 1.29 is 14.3 Å². The highest BCUT2D eigenvalue weighted by molar-refractivity contribution is 5.80. The van der Waals surface area contributed by atoms with Crippen LogP contribution in [-0.4, -0.2) is 32.2 Å². The van der Waals surface area contributed by atoms with Crippen LogP contribution < -0.4 is 20.1 Å². The Morgan fingerprint density at radius 3 is 2.79 bits per heavy atom. The third kappa shape index (κ3) is 2.81. The van der Waals surface area contributed by atoms with E-state index in [-0.39, 0.29) is 11.8 Å². The maximum absolute atomic E-state index is 11.7. The number of carbonyl (C=O) groups excluding carboxylic acids is 1. The van der Waals surface area contributed by atoms with Crippen LogP contribution in [-0.2, 0) is 11.3 Å². The number of carbonyl (C=O) groups is 1. The molecule has 0 radical (unpaired) electrons. The summed E-state index contributed by atoms with van der Waals surface area (Å²) in [6.45, 7) is 3.47. The number of benzene rings is 1. The zero-order valence-electron chi connectivity index (χ0n) is 10.8. The molecule has 3 rings (SSSR count). The molecule has 0 spiro atoms. The first-order valence-electron chi connectivity index (χ1n) is 6.70. The topological polar surface area (TPSA) is 59.6 Å². The van der Waals surface area contributed by atoms with Crippen molar-refractivity contribution >= 4 is 5.91 Å². The molecule has 0 aliphatic carbocycles. The van der Waals surface area contributed by atoms with Crippen LogP contribution >= 0.6 is 0 Å².